The number of amides is 1. The standard InChI is InChI=1S/C10H10ClNO2/c11-6-9(13)10(14)12-7-8-4-2-1-3-5-8/h1-5H,6-7H2,(H,12,14). The molecule has 0 radical (unpaired) electrons. The van der Waals surface area contributed by atoms with E-state index in [1.807, 2.05) is 30.3 Å². The Morgan fingerprint density at radius 3 is 2.43 bits per heavy atom. The van der Waals surface area contributed by atoms with Crippen molar-refractivity contribution in [3.63, 3.8) is 0 Å². The first-order chi connectivity index (χ1) is 6.74. The molecule has 0 fully saturated rings. The molecule has 1 rings (SSSR count). The first kappa shape index (κ1) is 10.7. The molecular weight excluding hydrogens is 202 g/mol. The Bertz CT molecular complexity index is 324. The van der Waals surface area contributed by atoms with Crippen LogP contribution < -0.4 is 5.32 Å². The average Bonchev–Trinajstić information content (AvgIpc) is 2.26. The van der Waals surface area contributed by atoms with Crippen LogP contribution in [0.3, 0.4) is 0 Å². The van der Waals surface area contributed by atoms with Crippen LogP contribution in [0.15, 0.2) is 30.3 Å². The SMILES string of the molecule is O=C(CCl)C(=O)NCc1ccccc1. The van der Waals surface area contributed by atoms with E-state index in [4.69, 9.17) is 11.6 Å². The van der Waals surface area contributed by atoms with Gasteiger partial charge in [-0.1, -0.05) is 30.3 Å². The lowest BCUT2D eigenvalue weighted by Gasteiger charge is -2.02. The predicted molar refractivity (Wildman–Crippen MR) is 54.0 cm³/mol. The van der Waals surface area contributed by atoms with Gasteiger partial charge in [0.1, 0.15) is 0 Å². The van der Waals surface area contributed by atoms with Gasteiger partial charge >= 0.3 is 0 Å². The summed E-state index contributed by atoms with van der Waals surface area (Å²) in [6, 6.07) is 9.35. The Hall–Kier alpha value is -1.35. The van der Waals surface area contributed by atoms with Gasteiger partial charge in [0.2, 0.25) is 5.78 Å². The van der Waals surface area contributed by atoms with Gasteiger partial charge in [-0.2, -0.15) is 0 Å². The molecular formula is C10H10ClNO2. The third-order valence-corrected chi connectivity index (χ3v) is 1.91. The van der Waals surface area contributed by atoms with E-state index in [9.17, 15) is 9.59 Å². The summed E-state index contributed by atoms with van der Waals surface area (Å²) >= 11 is 5.22. The highest BCUT2D eigenvalue weighted by Crippen LogP contribution is 1.96. The first-order valence-electron chi connectivity index (χ1n) is 4.15. The van der Waals surface area contributed by atoms with Crippen molar-refractivity contribution in [2.75, 3.05) is 5.88 Å². The van der Waals surface area contributed by atoms with E-state index in [1.165, 1.54) is 0 Å². The molecule has 0 aliphatic rings. The summed E-state index contributed by atoms with van der Waals surface area (Å²) in [6.45, 7) is 0.350. The van der Waals surface area contributed by atoms with E-state index in [0.29, 0.717) is 6.54 Å². The van der Waals surface area contributed by atoms with Gasteiger partial charge in [-0.05, 0) is 5.56 Å². The van der Waals surface area contributed by atoms with E-state index >= 15 is 0 Å². The first-order valence-corrected chi connectivity index (χ1v) is 4.68. The lowest BCUT2D eigenvalue weighted by Crippen LogP contribution is -2.31. The van der Waals surface area contributed by atoms with Crippen LogP contribution in [0.1, 0.15) is 5.56 Å². The van der Waals surface area contributed by atoms with Gasteiger partial charge in [-0.15, -0.1) is 11.6 Å². The molecule has 0 aliphatic carbocycles. The maximum absolute atomic E-state index is 11.0. The van der Waals surface area contributed by atoms with Gasteiger partial charge in [-0.25, -0.2) is 0 Å². The molecule has 1 aromatic rings. The Morgan fingerprint density at radius 1 is 1.21 bits per heavy atom. The van der Waals surface area contributed by atoms with E-state index in [-0.39, 0.29) is 5.88 Å². The number of carbonyl (C=O) groups excluding carboxylic acids is 2. The molecule has 4 heteroatoms. The Balaban J connectivity index is 2.42. The molecule has 74 valence electrons. The Labute approximate surface area is 87.1 Å². The number of alkyl halides is 1. The zero-order chi connectivity index (χ0) is 10.4. The van der Waals surface area contributed by atoms with Crippen LogP contribution in [0.2, 0.25) is 0 Å². The van der Waals surface area contributed by atoms with Gasteiger partial charge in [0.05, 0.1) is 5.88 Å². The number of Topliss-reactive ketones (excluding diaryl/α,β-unsaturated/α-hetero) is 1. The third-order valence-electron chi connectivity index (χ3n) is 1.67. The van der Waals surface area contributed by atoms with Crippen LogP contribution in [-0.2, 0) is 16.1 Å². The normalized spacial score (nSPS) is 9.50. The molecule has 0 atom stereocenters. The summed E-state index contributed by atoms with van der Waals surface area (Å²) in [7, 11) is 0. The lowest BCUT2D eigenvalue weighted by molar-refractivity contribution is -0.136. The highest BCUT2D eigenvalue weighted by molar-refractivity contribution is 6.46. The van der Waals surface area contributed by atoms with Crippen molar-refractivity contribution in [2.24, 2.45) is 0 Å². The fourth-order valence-corrected chi connectivity index (χ4v) is 1.06. The van der Waals surface area contributed by atoms with E-state index in [1.54, 1.807) is 0 Å². The molecule has 0 aliphatic heterocycles. The van der Waals surface area contributed by atoms with Crippen molar-refractivity contribution in [1.82, 2.24) is 5.32 Å². The molecule has 0 aromatic heterocycles. The minimum Gasteiger partial charge on any atom is -0.345 e. The van der Waals surface area contributed by atoms with Gasteiger partial charge < -0.3 is 5.32 Å². The van der Waals surface area contributed by atoms with Gasteiger partial charge in [0, 0.05) is 6.54 Å². The average molecular weight is 212 g/mol. The third kappa shape index (κ3) is 3.18. The number of rotatable bonds is 4. The quantitative estimate of drug-likeness (QED) is 0.599. The maximum atomic E-state index is 11.0. The van der Waals surface area contributed by atoms with Crippen LogP contribution in [-0.4, -0.2) is 17.6 Å². The number of benzene rings is 1. The van der Waals surface area contributed by atoms with Crippen LogP contribution in [0.4, 0.5) is 0 Å². The molecule has 0 saturated heterocycles. The second kappa shape index (κ2) is 5.40. The summed E-state index contributed by atoms with van der Waals surface area (Å²) < 4.78 is 0. The minimum atomic E-state index is -0.635. The number of carbonyl (C=O) groups is 2. The number of ketones is 1. The summed E-state index contributed by atoms with van der Waals surface area (Å²) in [5.74, 6) is -1.52. The maximum Gasteiger partial charge on any atom is 0.288 e. The second-order valence-corrected chi connectivity index (χ2v) is 2.99. The molecule has 14 heavy (non-hydrogen) atoms. The minimum absolute atomic E-state index is 0.277. The van der Waals surface area contributed by atoms with E-state index in [2.05, 4.69) is 5.32 Å². The summed E-state index contributed by atoms with van der Waals surface area (Å²) in [4.78, 5) is 21.8. The Morgan fingerprint density at radius 2 is 1.86 bits per heavy atom. The van der Waals surface area contributed by atoms with Crippen molar-refractivity contribution in [1.29, 1.82) is 0 Å². The molecule has 0 spiro atoms. The molecule has 0 heterocycles. The van der Waals surface area contributed by atoms with Crippen LogP contribution in [0.5, 0.6) is 0 Å². The molecule has 0 saturated carbocycles. The van der Waals surface area contributed by atoms with Crippen molar-refractivity contribution >= 4 is 23.3 Å². The van der Waals surface area contributed by atoms with Crippen LogP contribution in [0, 0.1) is 0 Å². The molecule has 0 bridgehead atoms. The van der Waals surface area contributed by atoms with Gasteiger partial charge in [-0.3, -0.25) is 9.59 Å². The Kier molecular flexibility index (Phi) is 4.13. The summed E-state index contributed by atoms with van der Waals surface area (Å²) in [5, 5.41) is 2.48. The van der Waals surface area contributed by atoms with Crippen molar-refractivity contribution < 1.29 is 9.59 Å². The highest BCUT2D eigenvalue weighted by atomic mass is 35.5. The molecule has 1 amide bonds. The molecule has 0 unspecified atom stereocenters. The summed E-state index contributed by atoms with van der Waals surface area (Å²) in [5.41, 5.74) is 0.947. The zero-order valence-corrected chi connectivity index (χ0v) is 8.25. The predicted octanol–water partition coefficient (Wildman–Crippen LogP) is 1.11. The van der Waals surface area contributed by atoms with Crippen LogP contribution in [0.25, 0.3) is 0 Å². The molecule has 1 aromatic carbocycles. The van der Waals surface area contributed by atoms with E-state index in [0.717, 1.165) is 5.56 Å². The van der Waals surface area contributed by atoms with E-state index < -0.39 is 11.7 Å². The highest BCUT2D eigenvalue weighted by Gasteiger charge is 2.10. The topological polar surface area (TPSA) is 46.2 Å². The van der Waals surface area contributed by atoms with Gasteiger partial charge in [0.15, 0.2) is 0 Å². The zero-order valence-electron chi connectivity index (χ0n) is 7.50. The van der Waals surface area contributed by atoms with Gasteiger partial charge in [0.25, 0.3) is 5.91 Å². The van der Waals surface area contributed by atoms with Crippen molar-refractivity contribution in [3.05, 3.63) is 35.9 Å². The van der Waals surface area contributed by atoms with Crippen LogP contribution >= 0.6 is 11.6 Å². The number of nitrogens with one attached hydrogen (secondary N) is 1. The smallest absolute Gasteiger partial charge is 0.288 e. The largest absolute Gasteiger partial charge is 0.345 e. The fourth-order valence-electron chi connectivity index (χ4n) is 0.937. The lowest BCUT2D eigenvalue weighted by atomic mass is 10.2. The second-order valence-electron chi connectivity index (χ2n) is 2.73. The summed E-state index contributed by atoms with van der Waals surface area (Å²) in [6.07, 6.45) is 0. The number of halogens is 1. The molecule has 1 N–H and O–H groups in total. The number of hydrogen-bond donors (Lipinski definition) is 1. The van der Waals surface area contributed by atoms with Crippen molar-refractivity contribution in [3.8, 4) is 0 Å². The van der Waals surface area contributed by atoms with Crippen molar-refractivity contribution in [2.45, 2.75) is 6.54 Å². The monoisotopic (exact) mass is 211 g/mol. The fraction of sp³-hybridized carbons (Fsp3) is 0.200. The number of hydrogen-bond acceptors (Lipinski definition) is 2. The molecule has 3 nitrogen and oxygen atoms in total.